The molecule has 0 amide bonds. The summed E-state index contributed by atoms with van der Waals surface area (Å²) >= 11 is 0. The minimum atomic E-state index is -5.00. The number of halogens is 7. The first-order chi connectivity index (χ1) is 10.1. The van der Waals surface area contributed by atoms with Crippen LogP contribution in [-0.4, -0.2) is 10.2 Å². The average Bonchev–Trinajstić information content (AvgIpc) is 2.45. The molecule has 0 saturated heterocycles. The SMILES string of the molecule is FCc1ccc(-c2ccc(C(F)(F)F)cc2C(F)(F)F)nn1. The van der Waals surface area contributed by atoms with Crippen molar-refractivity contribution < 1.29 is 30.7 Å². The minimum Gasteiger partial charge on any atom is -0.244 e. The van der Waals surface area contributed by atoms with Crippen molar-refractivity contribution in [2.45, 2.75) is 19.0 Å². The van der Waals surface area contributed by atoms with Crippen molar-refractivity contribution in [1.29, 1.82) is 0 Å². The molecule has 9 heteroatoms. The largest absolute Gasteiger partial charge is 0.417 e. The Hall–Kier alpha value is -2.19. The summed E-state index contributed by atoms with van der Waals surface area (Å²) in [5, 5.41) is 6.77. The quantitative estimate of drug-likeness (QED) is 0.752. The van der Waals surface area contributed by atoms with E-state index in [0.717, 1.165) is 12.1 Å². The molecule has 22 heavy (non-hydrogen) atoms. The highest BCUT2D eigenvalue weighted by atomic mass is 19.4. The summed E-state index contributed by atoms with van der Waals surface area (Å²) in [5.41, 5.74) is -3.84. The van der Waals surface area contributed by atoms with Crippen LogP contribution in [0.25, 0.3) is 11.3 Å². The van der Waals surface area contributed by atoms with Crippen LogP contribution in [0.3, 0.4) is 0 Å². The van der Waals surface area contributed by atoms with E-state index in [9.17, 15) is 30.7 Å². The Balaban J connectivity index is 2.59. The maximum Gasteiger partial charge on any atom is 0.417 e. The Morgan fingerprint density at radius 2 is 1.50 bits per heavy atom. The van der Waals surface area contributed by atoms with Crippen LogP contribution in [0.4, 0.5) is 30.7 Å². The molecule has 0 aliphatic carbocycles. The van der Waals surface area contributed by atoms with E-state index in [0.29, 0.717) is 12.1 Å². The van der Waals surface area contributed by atoms with Gasteiger partial charge in [0.25, 0.3) is 0 Å². The van der Waals surface area contributed by atoms with Crippen LogP contribution in [-0.2, 0) is 19.0 Å². The molecule has 0 radical (unpaired) electrons. The van der Waals surface area contributed by atoms with Crippen LogP contribution in [0, 0.1) is 0 Å². The van der Waals surface area contributed by atoms with Gasteiger partial charge in [-0.05, 0) is 24.3 Å². The van der Waals surface area contributed by atoms with Gasteiger partial charge >= 0.3 is 12.4 Å². The van der Waals surface area contributed by atoms with Gasteiger partial charge in [-0.2, -0.15) is 36.5 Å². The zero-order chi connectivity index (χ0) is 16.5. The highest BCUT2D eigenvalue weighted by Gasteiger charge is 2.38. The predicted molar refractivity (Wildman–Crippen MR) is 62.3 cm³/mol. The van der Waals surface area contributed by atoms with Crippen molar-refractivity contribution in [2.75, 3.05) is 0 Å². The first kappa shape index (κ1) is 16.2. The lowest BCUT2D eigenvalue weighted by atomic mass is 10.0. The maximum atomic E-state index is 13.0. The molecule has 0 saturated carbocycles. The summed E-state index contributed by atoms with van der Waals surface area (Å²) in [5.74, 6) is 0. The van der Waals surface area contributed by atoms with Gasteiger partial charge in [0.2, 0.25) is 0 Å². The molecule has 0 atom stereocenters. The molecular formula is C13H7F7N2. The molecule has 0 unspecified atom stereocenters. The van der Waals surface area contributed by atoms with Crippen molar-refractivity contribution in [3.8, 4) is 11.3 Å². The van der Waals surface area contributed by atoms with Crippen molar-refractivity contribution in [2.24, 2.45) is 0 Å². The van der Waals surface area contributed by atoms with Crippen LogP contribution in [0.5, 0.6) is 0 Å². The number of alkyl halides is 7. The zero-order valence-electron chi connectivity index (χ0n) is 10.6. The number of benzene rings is 1. The van der Waals surface area contributed by atoms with Crippen LogP contribution in [0.2, 0.25) is 0 Å². The highest BCUT2D eigenvalue weighted by Crippen LogP contribution is 2.40. The molecule has 2 rings (SSSR count). The second kappa shape index (κ2) is 5.54. The number of aromatic nitrogens is 2. The average molecular weight is 324 g/mol. The molecule has 1 aromatic carbocycles. The fourth-order valence-electron chi connectivity index (χ4n) is 1.75. The Bertz CT molecular complexity index is 660. The van der Waals surface area contributed by atoms with Gasteiger partial charge < -0.3 is 0 Å². The van der Waals surface area contributed by atoms with Gasteiger partial charge in [0.1, 0.15) is 6.67 Å². The third kappa shape index (κ3) is 3.34. The second-order valence-electron chi connectivity index (χ2n) is 4.30. The lowest BCUT2D eigenvalue weighted by molar-refractivity contribution is -0.142. The molecule has 0 aliphatic rings. The van der Waals surface area contributed by atoms with Gasteiger partial charge in [-0.15, -0.1) is 0 Å². The smallest absolute Gasteiger partial charge is 0.244 e. The van der Waals surface area contributed by atoms with Crippen molar-refractivity contribution >= 4 is 0 Å². The van der Waals surface area contributed by atoms with E-state index < -0.39 is 35.7 Å². The van der Waals surface area contributed by atoms with Crippen LogP contribution < -0.4 is 0 Å². The molecule has 0 bridgehead atoms. The fourth-order valence-corrected chi connectivity index (χ4v) is 1.75. The first-order valence-corrected chi connectivity index (χ1v) is 5.80. The molecule has 1 aromatic heterocycles. The predicted octanol–water partition coefficient (Wildman–Crippen LogP) is 4.65. The maximum absolute atomic E-state index is 13.0. The van der Waals surface area contributed by atoms with Crippen LogP contribution in [0.15, 0.2) is 30.3 Å². The normalized spacial score (nSPS) is 12.5. The lowest BCUT2D eigenvalue weighted by Crippen LogP contribution is -2.12. The van der Waals surface area contributed by atoms with E-state index in [2.05, 4.69) is 10.2 Å². The number of nitrogens with zero attached hydrogens (tertiary/aromatic N) is 2. The Kier molecular flexibility index (Phi) is 4.08. The lowest BCUT2D eigenvalue weighted by Gasteiger charge is -2.15. The summed E-state index contributed by atoms with van der Waals surface area (Å²) in [6.45, 7) is -0.952. The molecule has 118 valence electrons. The van der Waals surface area contributed by atoms with Gasteiger partial charge in [-0.25, -0.2) is 4.39 Å². The molecule has 0 spiro atoms. The van der Waals surface area contributed by atoms with E-state index in [4.69, 9.17) is 0 Å². The van der Waals surface area contributed by atoms with E-state index in [1.807, 2.05) is 0 Å². The molecule has 2 aromatic rings. The van der Waals surface area contributed by atoms with E-state index in [1.54, 1.807) is 0 Å². The van der Waals surface area contributed by atoms with Gasteiger partial charge in [-0.3, -0.25) is 0 Å². The highest BCUT2D eigenvalue weighted by molar-refractivity contribution is 5.65. The van der Waals surface area contributed by atoms with Gasteiger partial charge in [0.05, 0.1) is 22.5 Å². The first-order valence-electron chi connectivity index (χ1n) is 5.80. The molecule has 0 N–H and O–H groups in total. The Morgan fingerprint density at radius 3 is 1.95 bits per heavy atom. The molecule has 2 nitrogen and oxygen atoms in total. The van der Waals surface area contributed by atoms with Crippen molar-refractivity contribution in [3.63, 3.8) is 0 Å². The Morgan fingerprint density at radius 1 is 0.818 bits per heavy atom. The second-order valence-corrected chi connectivity index (χ2v) is 4.30. The van der Waals surface area contributed by atoms with Gasteiger partial charge in [0.15, 0.2) is 0 Å². The van der Waals surface area contributed by atoms with Crippen molar-refractivity contribution in [3.05, 3.63) is 47.2 Å². The minimum absolute atomic E-state index is 0.0140. The molecule has 0 fully saturated rings. The van der Waals surface area contributed by atoms with E-state index >= 15 is 0 Å². The summed E-state index contributed by atoms with van der Waals surface area (Å²) in [7, 11) is 0. The molecule has 1 heterocycles. The Labute approximate surface area is 119 Å². The molecule has 0 aliphatic heterocycles. The van der Waals surface area contributed by atoms with Crippen LogP contribution in [0.1, 0.15) is 16.8 Å². The number of rotatable bonds is 2. The summed E-state index contributed by atoms with van der Waals surface area (Å²) in [6.07, 6.45) is -9.90. The van der Waals surface area contributed by atoms with E-state index in [1.165, 1.54) is 0 Å². The van der Waals surface area contributed by atoms with Crippen molar-refractivity contribution in [1.82, 2.24) is 10.2 Å². The van der Waals surface area contributed by atoms with Gasteiger partial charge in [-0.1, -0.05) is 6.07 Å². The summed E-state index contributed by atoms with van der Waals surface area (Å²) < 4.78 is 88.9. The van der Waals surface area contributed by atoms with Gasteiger partial charge in [0, 0.05) is 5.56 Å². The monoisotopic (exact) mass is 324 g/mol. The third-order valence-corrected chi connectivity index (χ3v) is 2.78. The van der Waals surface area contributed by atoms with Crippen LogP contribution >= 0.6 is 0 Å². The number of hydrogen-bond donors (Lipinski definition) is 0. The number of hydrogen-bond acceptors (Lipinski definition) is 2. The zero-order valence-corrected chi connectivity index (χ0v) is 10.6. The van der Waals surface area contributed by atoms with E-state index in [-0.39, 0.29) is 17.5 Å². The fraction of sp³-hybridized carbons (Fsp3) is 0.231. The standard InChI is InChI=1S/C13H7F7N2/c14-6-8-2-4-11(22-21-8)9-3-1-7(12(15,16)17)5-10(9)13(18,19)20/h1-5H,6H2. The summed E-state index contributed by atoms with van der Waals surface area (Å²) in [6, 6.07) is 3.39. The third-order valence-electron chi connectivity index (χ3n) is 2.78. The summed E-state index contributed by atoms with van der Waals surface area (Å²) in [4.78, 5) is 0. The topological polar surface area (TPSA) is 25.8 Å². The molecular weight excluding hydrogens is 317 g/mol.